The average molecular weight is 359 g/mol. The van der Waals surface area contributed by atoms with Gasteiger partial charge in [0.15, 0.2) is 11.5 Å². The Kier molecular flexibility index (Phi) is 5.21. The highest BCUT2D eigenvalue weighted by Gasteiger charge is 2.13. The molecule has 136 valence electrons. The van der Waals surface area contributed by atoms with Crippen molar-refractivity contribution in [3.8, 4) is 11.5 Å². The summed E-state index contributed by atoms with van der Waals surface area (Å²) in [5.41, 5.74) is 1.14. The Morgan fingerprint density at radius 1 is 1.00 bits per heavy atom. The minimum Gasteiger partial charge on any atom is -0.486 e. The molecule has 2 aromatic rings. The Bertz CT molecular complexity index is 841. The van der Waals surface area contributed by atoms with E-state index in [2.05, 4.69) is 16.0 Å². The van der Waals surface area contributed by atoms with Gasteiger partial charge in [-0.05, 0) is 30.3 Å². The summed E-state index contributed by atoms with van der Waals surface area (Å²) in [6.45, 7) is 2.23. The van der Waals surface area contributed by atoms with Crippen LogP contribution in [0.3, 0.4) is 0 Å². The van der Waals surface area contributed by atoms with Gasteiger partial charge in [-0.1, -0.05) is 0 Å². The van der Waals surface area contributed by atoms with E-state index in [1.165, 1.54) is 25.1 Å². The first kappa shape index (κ1) is 17.5. The van der Waals surface area contributed by atoms with Gasteiger partial charge in [0.1, 0.15) is 19.0 Å². The van der Waals surface area contributed by atoms with Crippen molar-refractivity contribution >= 4 is 28.9 Å². The smallest absolute Gasteiger partial charge is 0.243 e. The minimum absolute atomic E-state index is 0.0282. The summed E-state index contributed by atoms with van der Waals surface area (Å²) >= 11 is 0. The van der Waals surface area contributed by atoms with Crippen molar-refractivity contribution in [1.82, 2.24) is 0 Å². The van der Waals surface area contributed by atoms with E-state index in [-0.39, 0.29) is 24.0 Å². The normalized spacial score (nSPS) is 12.2. The number of hydrogen-bond acceptors (Lipinski definition) is 5. The van der Waals surface area contributed by atoms with E-state index in [4.69, 9.17) is 9.47 Å². The van der Waals surface area contributed by atoms with Gasteiger partial charge in [0.05, 0.1) is 12.2 Å². The lowest BCUT2D eigenvalue weighted by Crippen LogP contribution is -2.22. The number of anilines is 3. The Hall–Kier alpha value is -3.29. The van der Waals surface area contributed by atoms with Crippen LogP contribution in [0.4, 0.5) is 21.5 Å². The molecule has 0 saturated carbocycles. The van der Waals surface area contributed by atoms with E-state index in [1.54, 1.807) is 18.2 Å². The molecule has 1 aliphatic heterocycles. The maximum absolute atomic E-state index is 13.6. The molecule has 7 nitrogen and oxygen atoms in total. The summed E-state index contributed by atoms with van der Waals surface area (Å²) in [5, 5.41) is 8.01. The van der Waals surface area contributed by atoms with Gasteiger partial charge in [0, 0.05) is 24.4 Å². The van der Waals surface area contributed by atoms with Gasteiger partial charge in [0.25, 0.3) is 0 Å². The zero-order valence-corrected chi connectivity index (χ0v) is 14.1. The van der Waals surface area contributed by atoms with Crippen molar-refractivity contribution in [2.75, 3.05) is 35.7 Å². The number of fused-ring (bicyclic) bond motifs is 1. The van der Waals surface area contributed by atoms with Crippen molar-refractivity contribution in [3.63, 3.8) is 0 Å². The first-order valence-corrected chi connectivity index (χ1v) is 8.02. The Morgan fingerprint density at radius 2 is 1.73 bits per heavy atom. The quantitative estimate of drug-likeness (QED) is 0.764. The second-order valence-electron chi connectivity index (χ2n) is 5.64. The molecule has 2 amide bonds. The van der Waals surface area contributed by atoms with Gasteiger partial charge in [-0.3, -0.25) is 9.59 Å². The summed E-state index contributed by atoms with van der Waals surface area (Å²) in [7, 11) is 0. The zero-order valence-electron chi connectivity index (χ0n) is 14.1. The zero-order chi connectivity index (χ0) is 18.5. The molecule has 0 fully saturated rings. The molecule has 26 heavy (non-hydrogen) atoms. The predicted octanol–water partition coefficient (Wildman–Crippen LogP) is 2.61. The molecular weight excluding hydrogens is 341 g/mol. The minimum atomic E-state index is -0.550. The third kappa shape index (κ3) is 4.41. The second-order valence-corrected chi connectivity index (χ2v) is 5.64. The van der Waals surface area contributed by atoms with E-state index in [1.807, 2.05) is 0 Å². The summed E-state index contributed by atoms with van der Waals surface area (Å²) < 4.78 is 24.5. The maximum Gasteiger partial charge on any atom is 0.243 e. The van der Waals surface area contributed by atoms with Gasteiger partial charge in [0.2, 0.25) is 11.8 Å². The van der Waals surface area contributed by atoms with Crippen LogP contribution in [0.25, 0.3) is 0 Å². The predicted molar refractivity (Wildman–Crippen MR) is 95.3 cm³/mol. The van der Waals surface area contributed by atoms with E-state index in [9.17, 15) is 14.0 Å². The van der Waals surface area contributed by atoms with Crippen LogP contribution in [0.1, 0.15) is 6.92 Å². The third-order valence-corrected chi connectivity index (χ3v) is 3.56. The van der Waals surface area contributed by atoms with Gasteiger partial charge in [-0.15, -0.1) is 0 Å². The maximum atomic E-state index is 13.6. The van der Waals surface area contributed by atoms with Crippen molar-refractivity contribution in [2.45, 2.75) is 6.92 Å². The van der Waals surface area contributed by atoms with E-state index < -0.39 is 5.82 Å². The molecule has 1 aliphatic rings. The number of ether oxygens (including phenoxy) is 2. The molecule has 0 unspecified atom stereocenters. The summed E-state index contributed by atoms with van der Waals surface area (Å²) in [6, 6.07) is 9.27. The largest absolute Gasteiger partial charge is 0.486 e. The van der Waals surface area contributed by atoms with E-state index in [0.717, 1.165) is 0 Å². The first-order chi connectivity index (χ1) is 12.5. The highest BCUT2D eigenvalue weighted by atomic mass is 19.1. The molecule has 0 atom stereocenters. The lowest BCUT2D eigenvalue weighted by Gasteiger charge is -2.19. The summed E-state index contributed by atoms with van der Waals surface area (Å²) in [6.07, 6.45) is 0. The summed E-state index contributed by atoms with van der Waals surface area (Å²) in [4.78, 5) is 23.2. The van der Waals surface area contributed by atoms with Gasteiger partial charge in [-0.25, -0.2) is 4.39 Å². The van der Waals surface area contributed by atoms with Crippen LogP contribution in [-0.4, -0.2) is 31.6 Å². The summed E-state index contributed by atoms with van der Waals surface area (Å²) in [5.74, 6) is 0.0145. The van der Waals surface area contributed by atoms with Gasteiger partial charge >= 0.3 is 0 Å². The molecule has 0 aromatic heterocycles. The lowest BCUT2D eigenvalue weighted by atomic mass is 10.2. The van der Waals surface area contributed by atoms with Crippen molar-refractivity contribution in [3.05, 3.63) is 42.2 Å². The molecule has 1 heterocycles. The van der Waals surface area contributed by atoms with Crippen molar-refractivity contribution < 1.29 is 23.5 Å². The van der Waals surface area contributed by atoms with Crippen molar-refractivity contribution in [1.29, 1.82) is 0 Å². The van der Waals surface area contributed by atoms with Crippen LogP contribution in [0.5, 0.6) is 11.5 Å². The molecule has 0 bridgehead atoms. The second kappa shape index (κ2) is 7.73. The van der Waals surface area contributed by atoms with Crippen LogP contribution in [0, 0.1) is 5.82 Å². The number of nitrogens with one attached hydrogen (secondary N) is 3. The average Bonchev–Trinajstić information content (AvgIpc) is 2.62. The Labute approximate surface area is 149 Å². The first-order valence-electron chi connectivity index (χ1n) is 8.02. The fourth-order valence-corrected chi connectivity index (χ4v) is 2.43. The molecule has 8 heteroatoms. The number of halogens is 1. The molecule has 0 spiro atoms. The number of benzene rings is 2. The number of carbonyl (C=O) groups excluding carboxylic acids is 2. The number of hydrogen-bond donors (Lipinski definition) is 3. The van der Waals surface area contributed by atoms with Crippen LogP contribution in [-0.2, 0) is 9.59 Å². The number of amides is 2. The molecule has 2 aromatic carbocycles. The fourth-order valence-electron chi connectivity index (χ4n) is 2.43. The van der Waals surface area contributed by atoms with Crippen LogP contribution >= 0.6 is 0 Å². The molecule has 0 radical (unpaired) electrons. The fraction of sp³-hybridized carbons (Fsp3) is 0.222. The topological polar surface area (TPSA) is 88.7 Å². The lowest BCUT2D eigenvalue weighted by molar-refractivity contribution is -0.115. The van der Waals surface area contributed by atoms with E-state index in [0.29, 0.717) is 36.1 Å². The van der Waals surface area contributed by atoms with Crippen LogP contribution in [0.2, 0.25) is 0 Å². The molecule has 0 aliphatic carbocycles. The SMILES string of the molecule is CC(=O)Nc1cc(NCC(=O)Nc2ccc3c(c2)OCCO3)ccc1F. The highest BCUT2D eigenvalue weighted by Crippen LogP contribution is 2.32. The number of rotatable bonds is 5. The monoisotopic (exact) mass is 359 g/mol. The van der Waals surface area contributed by atoms with Crippen LogP contribution in [0.15, 0.2) is 36.4 Å². The highest BCUT2D eigenvalue weighted by molar-refractivity contribution is 5.94. The number of carbonyl (C=O) groups is 2. The third-order valence-electron chi connectivity index (χ3n) is 3.56. The Morgan fingerprint density at radius 3 is 2.50 bits per heavy atom. The van der Waals surface area contributed by atoms with Gasteiger partial charge in [-0.2, -0.15) is 0 Å². The van der Waals surface area contributed by atoms with Gasteiger partial charge < -0.3 is 25.4 Å². The Balaban J connectivity index is 1.58. The van der Waals surface area contributed by atoms with E-state index >= 15 is 0 Å². The molecular formula is C18H18FN3O4. The molecule has 0 saturated heterocycles. The molecule has 3 rings (SSSR count). The molecule has 3 N–H and O–H groups in total. The van der Waals surface area contributed by atoms with Crippen molar-refractivity contribution in [2.24, 2.45) is 0 Å². The van der Waals surface area contributed by atoms with Crippen LogP contribution < -0.4 is 25.4 Å². The standard InChI is InChI=1S/C18H18FN3O4/c1-11(23)21-15-8-12(2-4-14(15)19)20-10-18(24)22-13-3-5-16-17(9-13)26-7-6-25-16/h2-5,8-9,20H,6-7,10H2,1H3,(H,21,23)(H,22,24).